The average Bonchev–Trinajstić information content (AvgIpc) is 2.85. The van der Waals surface area contributed by atoms with Crippen LogP contribution in [-0.2, 0) is 17.6 Å². The van der Waals surface area contributed by atoms with Crippen LogP contribution in [0.3, 0.4) is 0 Å². The van der Waals surface area contributed by atoms with Gasteiger partial charge in [0.15, 0.2) is 0 Å². The molecule has 5 nitrogen and oxygen atoms in total. The van der Waals surface area contributed by atoms with Gasteiger partial charge in [0.1, 0.15) is 11.1 Å². The highest BCUT2D eigenvalue weighted by Gasteiger charge is 2.25. The lowest BCUT2D eigenvalue weighted by Crippen LogP contribution is -2.47. The number of rotatable bonds is 3. The second-order valence-corrected chi connectivity index (χ2v) is 7.90. The summed E-state index contributed by atoms with van der Waals surface area (Å²) in [6.45, 7) is 6.52. The number of nitrogens with zero attached hydrogens (tertiary/aromatic N) is 3. The van der Waals surface area contributed by atoms with Crippen LogP contribution in [0.15, 0.2) is 0 Å². The van der Waals surface area contributed by atoms with Gasteiger partial charge in [0.2, 0.25) is 5.91 Å². The van der Waals surface area contributed by atoms with Crippen LogP contribution in [-0.4, -0.2) is 55.5 Å². The molecule has 1 saturated heterocycles. The number of hydrogen-bond donors (Lipinski definition) is 1. The number of thiophene rings is 1. The maximum Gasteiger partial charge on any atom is 0.239 e. The van der Waals surface area contributed by atoms with E-state index in [0.717, 1.165) is 50.4 Å². The Morgan fingerprint density at radius 1 is 1.39 bits per heavy atom. The van der Waals surface area contributed by atoms with Crippen molar-refractivity contribution in [2.24, 2.45) is 5.92 Å². The Balaban J connectivity index is 1.66. The summed E-state index contributed by atoms with van der Waals surface area (Å²) in [6, 6.07) is 2.31. The summed E-state index contributed by atoms with van der Waals surface area (Å²) in [5.74, 6) is 0.666. The van der Waals surface area contributed by atoms with Crippen molar-refractivity contribution in [1.82, 2.24) is 9.80 Å². The van der Waals surface area contributed by atoms with Crippen molar-refractivity contribution < 1.29 is 4.79 Å². The molecule has 1 atom stereocenters. The van der Waals surface area contributed by atoms with E-state index in [-0.39, 0.29) is 5.91 Å². The minimum atomic E-state index is -0.00213. The van der Waals surface area contributed by atoms with Crippen LogP contribution in [0.25, 0.3) is 0 Å². The summed E-state index contributed by atoms with van der Waals surface area (Å²) in [4.78, 5) is 18.1. The van der Waals surface area contributed by atoms with Gasteiger partial charge in [-0.3, -0.25) is 9.69 Å². The van der Waals surface area contributed by atoms with E-state index in [1.54, 1.807) is 11.3 Å². The highest BCUT2D eigenvalue weighted by atomic mass is 32.1. The van der Waals surface area contributed by atoms with E-state index in [1.807, 2.05) is 0 Å². The number of hydrogen-bond acceptors (Lipinski definition) is 5. The smallest absolute Gasteiger partial charge is 0.239 e. The topological polar surface area (TPSA) is 59.4 Å². The van der Waals surface area contributed by atoms with Crippen molar-refractivity contribution in [3.8, 4) is 6.07 Å². The molecule has 1 fully saturated rings. The maximum atomic E-state index is 12.3. The lowest BCUT2D eigenvalue weighted by Gasteiger charge is -2.31. The van der Waals surface area contributed by atoms with E-state index in [2.05, 4.69) is 35.2 Å². The molecule has 6 heteroatoms. The first-order chi connectivity index (χ1) is 11.1. The summed E-state index contributed by atoms with van der Waals surface area (Å²) in [5, 5.41) is 13.2. The summed E-state index contributed by atoms with van der Waals surface area (Å²) in [7, 11) is 2.10. The molecule has 1 aromatic heterocycles. The first-order valence-electron chi connectivity index (χ1n) is 8.32. The quantitative estimate of drug-likeness (QED) is 0.919. The fourth-order valence-corrected chi connectivity index (χ4v) is 4.71. The lowest BCUT2D eigenvalue weighted by atomic mass is 9.89. The third-order valence-corrected chi connectivity index (χ3v) is 6.01. The molecule has 23 heavy (non-hydrogen) atoms. The highest BCUT2D eigenvalue weighted by Crippen LogP contribution is 2.39. The standard InChI is InChI=1S/C17H24N4OS/c1-12-3-4-13-14(10-18)17(23-15(13)9-12)19-16(22)11-21-7-5-20(2)6-8-21/h12H,3-9,11H2,1-2H3,(H,19,22). The van der Waals surface area contributed by atoms with Gasteiger partial charge in [-0.1, -0.05) is 6.92 Å². The predicted octanol–water partition coefficient (Wildman–Crippen LogP) is 1.93. The molecular weight excluding hydrogens is 308 g/mol. The van der Waals surface area contributed by atoms with Crippen LogP contribution in [0.5, 0.6) is 0 Å². The van der Waals surface area contributed by atoms with Gasteiger partial charge in [0, 0.05) is 31.1 Å². The van der Waals surface area contributed by atoms with Gasteiger partial charge < -0.3 is 10.2 Å². The second kappa shape index (κ2) is 7.00. The lowest BCUT2D eigenvalue weighted by molar-refractivity contribution is -0.117. The van der Waals surface area contributed by atoms with Crippen LogP contribution >= 0.6 is 11.3 Å². The van der Waals surface area contributed by atoms with Crippen LogP contribution < -0.4 is 5.32 Å². The molecule has 3 rings (SSSR count). The van der Waals surface area contributed by atoms with Gasteiger partial charge in [0.25, 0.3) is 0 Å². The summed E-state index contributed by atoms with van der Waals surface area (Å²) in [5.41, 5.74) is 1.87. The summed E-state index contributed by atoms with van der Waals surface area (Å²) >= 11 is 1.60. The number of likely N-dealkylation sites (N-methyl/N-ethyl adjacent to an activating group) is 1. The first kappa shape index (κ1) is 16.4. The normalized spacial score (nSPS) is 22.4. The maximum absolute atomic E-state index is 12.3. The summed E-state index contributed by atoms with van der Waals surface area (Å²) < 4.78 is 0. The zero-order valence-electron chi connectivity index (χ0n) is 13.9. The largest absolute Gasteiger partial charge is 0.315 e. The molecule has 124 valence electrons. The third kappa shape index (κ3) is 3.74. The zero-order valence-corrected chi connectivity index (χ0v) is 14.7. The van der Waals surface area contributed by atoms with Crippen molar-refractivity contribution in [2.45, 2.75) is 26.2 Å². The molecule has 0 aromatic carbocycles. The molecule has 0 saturated carbocycles. The van der Waals surface area contributed by atoms with Crippen LogP contribution in [0.4, 0.5) is 5.00 Å². The molecular formula is C17H24N4OS. The minimum absolute atomic E-state index is 0.00213. The molecule has 1 aromatic rings. The molecule has 2 aliphatic rings. The number of fused-ring (bicyclic) bond motifs is 1. The average molecular weight is 332 g/mol. The van der Waals surface area contributed by atoms with Crippen molar-refractivity contribution in [1.29, 1.82) is 5.26 Å². The number of amides is 1. The van der Waals surface area contributed by atoms with Crippen molar-refractivity contribution in [2.75, 3.05) is 45.1 Å². The number of piperazine rings is 1. The molecule has 0 radical (unpaired) electrons. The van der Waals surface area contributed by atoms with Crippen LogP contribution in [0, 0.1) is 17.2 Å². The van der Waals surface area contributed by atoms with Gasteiger partial charge >= 0.3 is 0 Å². The molecule has 1 unspecified atom stereocenters. The van der Waals surface area contributed by atoms with E-state index < -0.39 is 0 Å². The minimum Gasteiger partial charge on any atom is -0.315 e. The Kier molecular flexibility index (Phi) is 5.00. The van der Waals surface area contributed by atoms with E-state index in [9.17, 15) is 10.1 Å². The zero-order chi connectivity index (χ0) is 16.4. The summed E-state index contributed by atoms with van der Waals surface area (Å²) in [6.07, 6.45) is 3.13. The molecule has 2 heterocycles. The van der Waals surface area contributed by atoms with Crippen molar-refractivity contribution >= 4 is 22.2 Å². The van der Waals surface area contributed by atoms with Gasteiger partial charge in [-0.2, -0.15) is 5.26 Å². The van der Waals surface area contributed by atoms with E-state index in [1.165, 1.54) is 10.4 Å². The van der Waals surface area contributed by atoms with Gasteiger partial charge in [-0.25, -0.2) is 0 Å². The Morgan fingerprint density at radius 3 is 2.83 bits per heavy atom. The van der Waals surface area contributed by atoms with Gasteiger partial charge in [-0.05, 0) is 37.8 Å². The van der Waals surface area contributed by atoms with E-state index in [0.29, 0.717) is 18.0 Å². The molecule has 0 spiro atoms. The molecule has 1 aliphatic heterocycles. The molecule has 0 bridgehead atoms. The fraction of sp³-hybridized carbons (Fsp3) is 0.647. The predicted molar refractivity (Wildman–Crippen MR) is 92.8 cm³/mol. The molecule has 1 N–H and O–H groups in total. The Morgan fingerprint density at radius 2 is 2.13 bits per heavy atom. The Labute approximate surface area is 141 Å². The third-order valence-electron chi connectivity index (χ3n) is 4.84. The number of anilines is 1. The number of nitrogens with one attached hydrogen (secondary N) is 1. The highest BCUT2D eigenvalue weighted by molar-refractivity contribution is 7.16. The number of carbonyl (C=O) groups is 1. The fourth-order valence-electron chi connectivity index (χ4n) is 3.33. The Bertz CT molecular complexity index is 625. The number of nitriles is 1. The van der Waals surface area contributed by atoms with Gasteiger partial charge in [0.05, 0.1) is 12.1 Å². The monoisotopic (exact) mass is 332 g/mol. The van der Waals surface area contributed by atoms with E-state index >= 15 is 0 Å². The Hall–Kier alpha value is -1.42. The van der Waals surface area contributed by atoms with Crippen molar-refractivity contribution in [3.05, 3.63) is 16.0 Å². The second-order valence-electron chi connectivity index (χ2n) is 6.80. The molecule has 1 amide bonds. The van der Waals surface area contributed by atoms with Crippen LogP contribution in [0.2, 0.25) is 0 Å². The van der Waals surface area contributed by atoms with Crippen LogP contribution in [0.1, 0.15) is 29.3 Å². The molecule has 1 aliphatic carbocycles. The number of carbonyl (C=O) groups excluding carboxylic acids is 1. The van der Waals surface area contributed by atoms with E-state index in [4.69, 9.17) is 0 Å². The van der Waals surface area contributed by atoms with Crippen molar-refractivity contribution in [3.63, 3.8) is 0 Å². The SMILES string of the molecule is CC1CCc2c(sc(NC(=O)CN3CCN(C)CC3)c2C#N)C1. The van der Waals surface area contributed by atoms with Gasteiger partial charge in [-0.15, -0.1) is 11.3 Å². The first-order valence-corrected chi connectivity index (χ1v) is 9.14.